The molecule has 0 aliphatic rings. The smallest absolute Gasteiger partial charge is 0.319 e. The van der Waals surface area contributed by atoms with Crippen LogP contribution in [0.4, 0.5) is 14.9 Å². The second-order valence-electron chi connectivity index (χ2n) is 5.03. The number of hydrogen-bond acceptors (Lipinski definition) is 3. The minimum atomic E-state index is -0.324. The molecule has 1 heterocycles. The summed E-state index contributed by atoms with van der Waals surface area (Å²) >= 11 is 0. The van der Waals surface area contributed by atoms with Gasteiger partial charge in [0.2, 0.25) is 5.88 Å². The number of urea groups is 1. The van der Waals surface area contributed by atoms with Gasteiger partial charge in [-0.15, -0.1) is 0 Å². The lowest BCUT2D eigenvalue weighted by atomic mass is 10.2. The average molecular weight is 317 g/mol. The molecular weight excluding hydrogens is 297 g/mol. The van der Waals surface area contributed by atoms with Crippen molar-refractivity contribution >= 4 is 11.7 Å². The van der Waals surface area contributed by atoms with Gasteiger partial charge >= 0.3 is 6.03 Å². The summed E-state index contributed by atoms with van der Waals surface area (Å²) in [6, 6.07) is 8.74. The highest BCUT2D eigenvalue weighted by Gasteiger charge is 2.03. The SMILES string of the molecule is CCCCCNC(=O)Nc1ccc(Oc2ccc(F)cc2)nc1. The van der Waals surface area contributed by atoms with Crippen molar-refractivity contribution in [3.05, 3.63) is 48.4 Å². The molecule has 0 atom stereocenters. The lowest BCUT2D eigenvalue weighted by molar-refractivity contribution is 0.252. The summed E-state index contributed by atoms with van der Waals surface area (Å²) in [5.41, 5.74) is 0.574. The number of rotatable bonds is 7. The molecule has 0 spiro atoms. The maximum absolute atomic E-state index is 12.8. The summed E-state index contributed by atoms with van der Waals surface area (Å²) in [5.74, 6) is 0.536. The third-order valence-electron chi connectivity index (χ3n) is 3.10. The first kappa shape index (κ1) is 16.7. The number of anilines is 1. The van der Waals surface area contributed by atoms with Gasteiger partial charge in [0.25, 0.3) is 0 Å². The lowest BCUT2D eigenvalue weighted by Gasteiger charge is -2.08. The molecule has 2 amide bonds. The number of carbonyl (C=O) groups excluding carboxylic acids is 1. The van der Waals surface area contributed by atoms with E-state index in [1.807, 2.05) is 0 Å². The van der Waals surface area contributed by atoms with Crippen LogP contribution in [0.1, 0.15) is 26.2 Å². The van der Waals surface area contributed by atoms with Gasteiger partial charge in [-0.25, -0.2) is 14.2 Å². The van der Waals surface area contributed by atoms with Gasteiger partial charge in [-0.05, 0) is 36.8 Å². The van der Waals surface area contributed by atoms with E-state index in [-0.39, 0.29) is 11.8 Å². The first-order valence-corrected chi connectivity index (χ1v) is 7.61. The fraction of sp³-hybridized carbons (Fsp3) is 0.294. The first-order chi connectivity index (χ1) is 11.2. The van der Waals surface area contributed by atoms with Crippen LogP contribution in [-0.2, 0) is 0 Å². The molecule has 0 radical (unpaired) electrons. The van der Waals surface area contributed by atoms with Gasteiger partial charge in [0, 0.05) is 12.6 Å². The van der Waals surface area contributed by atoms with Gasteiger partial charge in [0.1, 0.15) is 11.6 Å². The summed E-state index contributed by atoms with van der Waals surface area (Å²) in [6.07, 6.45) is 4.68. The third kappa shape index (κ3) is 5.94. The van der Waals surface area contributed by atoms with E-state index in [9.17, 15) is 9.18 Å². The minimum Gasteiger partial charge on any atom is -0.439 e. The minimum absolute atomic E-state index is 0.255. The molecule has 1 aromatic carbocycles. The van der Waals surface area contributed by atoms with Crippen LogP contribution in [0.25, 0.3) is 0 Å². The molecule has 6 heteroatoms. The van der Waals surface area contributed by atoms with Crippen LogP contribution < -0.4 is 15.4 Å². The fourth-order valence-corrected chi connectivity index (χ4v) is 1.89. The number of unbranched alkanes of at least 4 members (excludes halogenated alkanes) is 2. The van der Waals surface area contributed by atoms with E-state index in [4.69, 9.17) is 4.74 Å². The molecule has 0 fully saturated rings. The van der Waals surface area contributed by atoms with Crippen molar-refractivity contribution in [2.45, 2.75) is 26.2 Å². The van der Waals surface area contributed by atoms with Crippen molar-refractivity contribution in [3.63, 3.8) is 0 Å². The van der Waals surface area contributed by atoms with Crippen LogP contribution in [0, 0.1) is 5.82 Å². The van der Waals surface area contributed by atoms with Crippen LogP contribution in [0.5, 0.6) is 11.6 Å². The van der Waals surface area contributed by atoms with Gasteiger partial charge in [0.05, 0.1) is 11.9 Å². The number of aromatic nitrogens is 1. The summed E-state index contributed by atoms with van der Waals surface area (Å²) in [7, 11) is 0. The number of benzene rings is 1. The first-order valence-electron chi connectivity index (χ1n) is 7.61. The Morgan fingerprint density at radius 3 is 2.61 bits per heavy atom. The van der Waals surface area contributed by atoms with Crippen molar-refractivity contribution < 1.29 is 13.9 Å². The van der Waals surface area contributed by atoms with Crippen LogP contribution in [-0.4, -0.2) is 17.6 Å². The zero-order valence-electron chi connectivity index (χ0n) is 13.0. The molecule has 0 bridgehead atoms. The van der Waals surface area contributed by atoms with Crippen LogP contribution in [0.3, 0.4) is 0 Å². The fourth-order valence-electron chi connectivity index (χ4n) is 1.89. The second kappa shape index (κ2) is 8.73. The Balaban J connectivity index is 1.82. The summed E-state index contributed by atoms with van der Waals surface area (Å²) in [6.45, 7) is 2.76. The zero-order valence-corrected chi connectivity index (χ0v) is 13.0. The monoisotopic (exact) mass is 317 g/mol. The van der Waals surface area contributed by atoms with Crippen molar-refractivity contribution in [2.75, 3.05) is 11.9 Å². The number of ether oxygens (including phenoxy) is 1. The standard InChI is InChI=1S/C17H20FN3O2/c1-2-3-4-11-19-17(22)21-14-7-10-16(20-12-14)23-15-8-5-13(18)6-9-15/h5-10,12H,2-4,11H2,1H3,(H2,19,21,22). The van der Waals surface area contributed by atoms with E-state index in [2.05, 4.69) is 22.5 Å². The normalized spacial score (nSPS) is 10.2. The molecule has 2 aromatic rings. The summed E-state index contributed by atoms with van der Waals surface area (Å²) < 4.78 is 18.3. The van der Waals surface area contributed by atoms with Gasteiger partial charge < -0.3 is 15.4 Å². The Morgan fingerprint density at radius 2 is 1.96 bits per heavy atom. The van der Waals surface area contributed by atoms with Crippen LogP contribution in [0.2, 0.25) is 0 Å². The number of halogens is 1. The van der Waals surface area contributed by atoms with Gasteiger partial charge in [0.15, 0.2) is 0 Å². The van der Waals surface area contributed by atoms with Gasteiger partial charge in [-0.3, -0.25) is 0 Å². The Hall–Kier alpha value is -2.63. The summed E-state index contributed by atoms with van der Waals surface area (Å²) in [5, 5.41) is 5.48. The predicted octanol–water partition coefficient (Wildman–Crippen LogP) is 4.32. The Labute approximate surface area is 134 Å². The van der Waals surface area contributed by atoms with E-state index in [1.165, 1.54) is 30.5 Å². The van der Waals surface area contributed by atoms with Crippen molar-refractivity contribution in [1.82, 2.24) is 10.3 Å². The lowest BCUT2D eigenvalue weighted by Crippen LogP contribution is -2.29. The molecule has 122 valence electrons. The van der Waals surface area contributed by atoms with Gasteiger partial charge in [-0.1, -0.05) is 19.8 Å². The maximum atomic E-state index is 12.8. The number of hydrogen-bond donors (Lipinski definition) is 2. The summed E-state index contributed by atoms with van der Waals surface area (Å²) in [4.78, 5) is 15.8. The highest BCUT2D eigenvalue weighted by molar-refractivity contribution is 5.88. The Kier molecular flexibility index (Phi) is 6.35. The number of amides is 2. The van der Waals surface area contributed by atoms with Crippen molar-refractivity contribution in [2.24, 2.45) is 0 Å². The molecule has 0 aliphatic heterocycles. The van der Waals surface area contributed by atoms with Gasteiger partial charge in [-0.2, -0.15) is 0 Å². The van der Waals surface area contributed by atoms with E-state index in [1.54, 1.807) is 12.1 Å². The zero-order chi connectivity index (χ0) is 16.5. The number of pyridine rings is 1. The highest BCUT2D eigenvalue weighted by atomic mass is 19.1. The van der Waals surface area contributed by atoms with Crippen molar-refractivity contribution in [3.8, 4) is 11.6 Å². The predicted molar refractivity (Wildman–Crippen MR) is 87.3 cm³/mol. The highest BCUT2D eigenvalue weighted by Crippen LogP contribution is 2.20. The average Bonchev–Trinajstić information content (AvgIpc) is 2.56. The van der Waals surface area contributed by atoms with E-state index >= 15 is 0 Å². The topological polar surface area (TPSA) is 63.2 Å². The molecular formula is C17H20FN3O2. The van der Waals surface area contributed by atoms with Crippen LogP contribution >= 0.6 is 0 Å². The molecule has 5 nitrogen and oxygen atoms in total. The number of carbonyl (C=O) groups is 1. The molecule has 2 rings (SSSR count). The Bertz CT molecular complexity index is 615. The van der Waals surface area contributed by atoms with E-state index in [0.29, 0.717) is 23.9 Å². The third-order valence-corrected chi connectivity index (χ3v) is 3.10. The molecule has 23 heavy (non-hydrogen) atoms. The molecule has 0 aliphatic carbocycles. The molecule has 2 N–H and O–H groups in total. The molecule has 1 aromatic heterocycles. The maximum Gasteiger partial charge on any atom is 0.319 e. The van der Waals surface area contributed by atoms with E-state index < -0.39 is 0 Å². The molecule has 0 saturated carbocycles. The number of nitrogens with one attached hydrogen (secondary N) is 2. The van der Waals surface area contributed by atoms with Crippen LogP contribution in [0.15, 0.2) is 42.6 Å². The van der Waals surface area contributed by atoms with E-state index in [0.717, 1.165) is 19.3 Å². The quantitative estimate of drug-likeness (QED) is 0.747. The number of nitrogens with zero attached hydrogens (tertiary/aromatic N) is 1. The molecule has 0 saturated heterocycles. The largest absolute Gasteiger partial charge is 0.439 e. The second-order valence-corrected chi connectivity index (χ2v) is 5.03. The molecule has 0 unspecified atom stereocenters. The Morgan fingerprint density at radius 1 is 1.17 bits per heavy atom. The van der Waals surface area contributed by atoms with Crippen molar-refractivity contribution in [1.29, 1.82) is 0 Å².